The zero-order valence-electron chi connectivity index (χ0n) is 11.3. The Bertz CT molecular complexity index is 721. The Morgan fingerprint density at radius 1 is 1.19 bits per heavy atom. The lowest BCUT2D eigenvalue weighted by atomic mass is 10.2. The van der Waals surface area contributed by atoms with Gasteiger partial charge in [-0.3, -0.25) is 0 Å². The predicted octanol–water partition coefficient (Wildman–Crippen LogP) is 3.40. The minimum Gasteiger partial charge on any atom is -0.338 e. The summed E-state index contributed by atoms with van der Waals surface area (Å²) in [5, 5.41) is 11.1. The molecule has 1 aromatic carbocycles. The number of hydrogen-bond acceptors (Lipinski definition) is 4. The average molecular weight is 317 g/mol. The van der Waals surface area contributed by atoms with Crippen LogP contribution in [0.5, 0.6) is 0 Å². The number of rotatable bonds is 5. The number of benzene rings is 1. The van der Waals surface area contributed by atoms with E-state index in [0.29, 0.717) is 13.1 Å². The number of urea groups is 1. The van der Waals surface area contributed by atoms with Crippen LogP contribution in [0.2, 0.25) is 0 Å². The second kappa shape index (κ2) is 6.69. The molecule has 0 aliphatic heterocycles. The normalized spacial score (nSPS) is 10.7. The van der Waals surface area contributed by atoms with Crippen molar-refractivity contribution in [1.29, 1.82) is 0 Å². The molecule has 0 atom stereocenters. The van der Waals surface area contributed by atoms with Crippen LogP contribution < -0.4 is 10.6 Å². The third kappa shape index (κ3) is 3.59. The number of carbonyl (C=O) groups excluding carboxylic acids is 1. The summed E-state index contributed by atoms with van der Waals surface area (Å²) in [6, 6.07) is 8.09. The van der Waals surface area contributed by atoms with Gasteiger partial charge in [0.1, 0.15) is 0 Å². The molecule has 3 aromatic rings. The Hall–Kier alpha value is -1.92. The molecule has 0 radical (unpaired) electrons. The second-order valence-electron chi connectivity index (χ2n) is 4.60. The Morgan fingerprint density at radius 2 is 2.10 bits per heavy atom. The number of aromatic nitrogens is 1. The summed E-state index contributed by atoms with van der Waals surface area (Å²) in [5.41, 5.74) is 3.98. The summed E-state index contributed by atoms with van der Waals surface area (Å²) in [6.45, 7) is 1.15. The van der Waals surface area contributed by atoms with Crippen molar-refractivity contribution in [2.45, 2.75) is 13.0 Å². The van der Waals surface area contributed by atoms with Gasteiger partial charge in [0.25, 0.3) is 0 Å². The van der Waals surface area contributed by atoms with Crippen LogP contribution in [0, 0.1) is 0 Å². The monoisotopic (exact) mass is 317 g/mol. The van der Waals surface area contributed by atoms with Crippen molar-refractivity contribution >= 4 is 38.8 Å². The van der Waals surface area contributed by atoms with Crippen molar-refractivity contribution < 1.29 is 4.79 Å². The minimum atomic E-state index is -0.138. The van der Waals surface area contributed by atoms with Gasteiger partial charge in [-0.1, -0.05) is 18.2 Å². The van der Waals surface area contributed by atoms with E-state index in [0.717, 1.165) is 17.7 Å². The van der Waals surface area contributed by atoms with E-state index in [9.17, 15) is 4.79 Å². The fraction of sp³-hybridized carbons (Fsp3) is 0.200. The maximum absolute atomic E-state index is 11.8. The van der Waals surface area contributed by atoms with Gasteiger partial charge in [-0.15, -0.1) is 22.7 Å². The molecular weight excluding hydrogens is 302 g/mol. The van der Waals surface area contributed by atoms with Crippen LogP contribution in [0.25, 0.3) is 10.1 Å². The highest BCUT2D eigenvalue weighted by Gasteiger charge is 2.05. The van der Waals surface area contributed by atoms with Crippen LogP contribution in [0.15, 0.2) is 40.5 Å². The molecule has 21 heavy (non-hydrogen) atoms. The molecule has 0 spiro atoms. The van der Waals surface area contributed by atoms with Crippen molar-refractivity contribution in [2.24, 2.45) is 0 Å². The zero-order valence-corrected chi connectivity index (χ0v) is 13.0. The summed E-state index contributed by atoms with van der Waals surface area (Å²) >= 11 is 3.27. The molecule has 0 saturated heterocycles. The smallest absolute Gasteiger partial charge is 0.315 e. The molecule has 0 aliphatic carbocycles. The number of hydrogen-bond donors (Lipinski definition) is 2. The van der Waals surface area contributed by atoms with Gasteiger partial charge in [0.2, 0.25) is 0 Å². The van der Waals surface area contributed by atoms with Gasteiger partial charge in [0.15, 0.2) is 0 Å². The molecule has 2 N–H and O–H groups in total. The van der Waals surface area contributed by atoms with E-state index in [4.69, 9.17) is 0 Å². The van der Waals surface area contributed by atoms with E-state index >= 15 is 0 Å². The van der Waals surface area contributed by atoms with Gasteiger partial charge in [0, 0.05) is 29.6 Å². The Morgan fingerprint density at radius 3 is 2.95 bits per heavy atom. The molecule has 2 amide bonds. The van der Waals surface area contributed by atoms with Gasteiger partial charge in [0.05, 0.1) is 11.2 Å². The standard InChI is InChI=1S/C15H15N3OS2/c19-15(16-6-5-12-9-20-10-18-12)17-7-11-8-21-14-4-2-1-3-13(11)14/h1-4,8-10H,5-7H2,(H2,16,17,19). The van der Waals surface area contributed by atoms with Gasteiger partial charge in [-0.05, 0) is 22.4 Å². The molecule has 6 heteroatoms. The number of nitrogens with zero attached hydrogens (tertiary/aromatic N) is 1. The summed E-state index contributed by atoms with van der Waals surface area (Å²) in [6.07, 6.45) is 0.762. The van der Waals surface area contributed by atoms with Crippen LogP contribution >= 0.6 is 22.7 Å². The van der Waals surface area contributed by atoms with E-state index in [1.165, 1.54) is 10.1 Å². The van der Waals surface area contributed by atoms with Crippen molar-refractivity contribution in [3.05, 3.63) is 51.8 Å². The lowest BCUT2D eigenvalue weighted by molar-refractivity contribution is 0.240. The highest BCUT2D eigenvalue weighted by atomic mass is 32.1. The average Bonchev–Trinajstić information content (AvgIpc) is 3.14. The fourth-order valence-electron chi connectivity index (χ4n) is 2.07. The van der Waals surface area contributed by atoms with Gasteiger partial charge >= 0.3 is 6.03 Å². The number of carbonyl (C=O) groups is 1. The lowest BCUT2D eigenvalue weighted by Gasteiger charge is -2.06. The SMILES string of the molecule is O=C(NCCc1cscn1)NCc1csc2ccccc12. The molecule has 0 unspecified atom stereocenters. The van der Waals surface area contributed by atoms with Crippen molar-refractivity contribution in [3.63, 3.8) is 0 Å². The summed E-state index contributed by atoms with van der Waals surface area (Å²) in [5.74, 6) is 0. The highest BCUT2D eigenvalue weighted by molar-refractivity contribution is 7.17. The topological polar surface area (TPSA) is 54.0 Å². The maximum Gasteiger partial charge on any atom is 0.315 e. The zero-order chi connectivity index (χ0) is 14.5. The third-order valence-corrected chi connectivity index (χ3v) is 4.80. The van der Waals surface area contributed by atoms with Gasteiger partial charge in [-0.2, -0.15) is 0 Å². The molecular formula is C15H15N3OS2. The lowest BCUT2D eigenvalue weighted by Crippen LogP contribution is -2.36. The molecule has 4 nitrogen and oxygen atoms in total. The van der Waals surface area contributed by atoms with Crippen LogP contribution in [-0.4, -0.2) is 17.6 Å². The van der Waals surface area contributed by atoms with Gasteiger partial charge in [-0.25, -0.2) is 9.78 Å². The van der Waals surface area contributed by atoms with E-state index < -0.39 is 0 Å². The molecule has 0 fully saturated rings. The summed E-state index contributed by atoms with van der Waals surface area (Å²) < 4.78 is 1.25. The summed E-state index contributed by atoms with van der Waals surface area (Å²) in [4.78, 5) is 15.9. The molecule has 0 aliphatic rings. The Labute approximate surface area is 130 Å². The molecule has 3 rings (SSSR count). The first-order valence-corrected chi connectivity index (χ1v) is 8.49. The number of amides is 2. The van der Waals surface area contributed by atoms with Crippen molar-refractivity contribution in [3.8, 4) is 0 Å². The maximum atomic E-state index is 11.8. The molecule has 108 valence electrons. The minimum absolute atomic E-state index is 0.138. The van der Waals surface area contributed by atoms with Crippen molar-refractivity contribution in [2.75, 3.05) is 6.54 Å². The van der Waals surface area contributed by atoms with Gasteiger partial charge < -0.3 is 10.6 Å². The van der Waals surface area contributed by atoms with Crippen LogP contribution in [0.4, 0.5) is 4.79 Å². The largest absolute Gasteiger partial charge is 0.338 e. The third-order valence-electron chi connectivity index (χ3n) is 3.15. The molecule has 2 heterocycles. The van der Waals surface area contributed by atoms with Crippen LogP contribution in [-0.2, 0) is 13.0 Å². The van der Waals surface area contributed by atoms with E-state index in [1.54, 1.807) is 28.2 Å². The second-order valence-corrected chi connectivity index (χ2v) is 6.23. The quantitative estimate of drug-likeness (QED) is 0.758. The first-order valence-electron chi connectivity index (χ1n) is 6.67. The number of nitrogens with one attached hydrogen (secondary N) is 2. The number of thiophene rings is 1. The molecule has 0 bridgehead atoms. The Balaban J connectivity index is 1.47. The van der Waals surface area contributed by atoms with Crippen LogP contribution in [0.3, 0.4) is 0 Å². The van der Waals surface area contributed by atoms with Crippen molar-refractivity contribution in [1.82, 2.24) is 15.6 Å². The predicted molar refractivity (Wildman–Crippen MR) is 87.9 cm³/mol. The summed E-state index contributed by atoms with van der Waals surface area (Å²) in [7, 11) is 0. The number of thiazole rings is 1. The molecule has 0 saturated carbocycles. The Kier molecular flexibility index (Phi) is 4.47. The van der Waals surface area contributed by atoms with Crippen LogP contribution in [0.1, 0.15) is 11.3 Å². The first-order chi connectivity index (χ1) is 10.3. The first kappa shape index (κ1) is 14.0. The van der Waals surface area contributed by atoms with E-state index in [-0.39, 0.29) is 6.03 Å². The fourth-order valence-corrected chi connectivity index (χ4v) is 3.63. The highest BCUT2D eigenvalue weighted by Crippen LogP contribution is 2.25. The molecule has 2 aromatic heterocycles. The van der Waals surface area contributed by atoms with E-state index in [1.807, 2.05) is 17.5 Å². The van der Waals surface area contributed by atoms with E-state index in [2.05, 4.69) is 33.1 Å². The number of fused-ring (bicyclic) bond motifs is 1.